The Morgan fingerprint density at radius 2 is 1.67 bits per heavy atom. The highest BCUT2D eigenvalue weighted by atomic mass is 32.2. The highest BCUT2D eigenvalue weighted by Crippen LogP contribution is 2.48. The third-order valence-corrected chi connectivity index (χ3v) is 7.50. The predicted octanol–water partition coefficient (Wildman–Crippen LogP) is 4.11. The van der Waals surface area contributed by atoms with Gasteiger partial charge in [0.1, 0.15) is 5.78 Å². The summed E-state index contributed by atoms with van der Waals surface area (Å²) < 4.78 is 0. The molecular formula is C25H26O3S2. The lowest BCUT2D eigenvalue weighted by Gasteiger charge is -2.24. The van der Waals surface area contributed by atoms with Crippen molar-refractivity contribution in [2.45, 2.75) is 16.9 Å². The summed E-state index contributed by atoms with van der Waals surface area (Å²) in [5.74, 6) is 7.42. The predicted molar refractivity (Wildman–Crippen MR) is 127 cm³/mol. The number of aliphatic hydroxyl groups excluding tert-OH is 2. The third-order valence-electron chi connectivity index (χ3n) is 4.92. The van der Waals surface area contributed by atoms with E-state index in [9.17, 15) is 15.0 Å². The van der Waals surface area contributed by atoms with E-state index in [4.69, 9.17) is 0 Å². The van der Waals surface area contributed by atoms with Gasteiger partial charge in [-0.1, -0.05) is 60.4 Å². The average Bonchev–Trinajstić information content (AvgIpc) is 3.09. The fraction of sp³-hybridized carbons (Fsp3) is 0.320. The standard InChI is InChI=1S/C25H26O3S2/c26-14-16-29-23-18-22(28)24(21(23)13-7-10-19-8-3-1-4-9-19)25(30-17-15-27)20-11-5-2-6-12-20/h1-6,8-9,11-13,23-27H,14-18H2/b21-13+. The summed E-state index contributed by atoms with van der Waals surface area (Å²) in [4.78, 5) is 13.1. The second-order valence-electron chi connectivity index (χ2n) is 6.94. The molecule has 0 amide bonds. The highest BCUT2D eigenvalue weighted by Gasteiger charge is 2.42. The molecule has 1 fully saturated rings. The molecule has 3 atom stereocenters. The monoisotopic (exact) mass is 438 g/mol. The Morgan fingerprint density at radius 3 is 2.33 bits per heavy atom. The molecule has 0 heterocycles. The number of Topliss-reactive ketones (excluding diaryl/α,β-unsaturated/α-hetero) is 1. The number of benzene rings is 2. The van der Waals surface area contributed by atoms with E-state index < -0.39 is 0 Å². The van der Waals surface area contributed by atoms with Crippen molar-refractivity contribution in [2.24, 2.45) is 5.92 Å². The van der Waals surface area contributed by atoms with E-state index in [-0.39, 0.29) is 35.4 Å². The number of rotatable bonds is 8. The van der Waals surface area contributed by atoms with Crippen LogP contribution in [0.25, 0.3) is 0 Å². The van der Waals surface area contributed by atoms with Crippen LogP contribution in [-0.2, 0) is 4.79 Å². The summed E-state index contributed by atoms with van der Waals surface area (Å²) in [6, 6.07) is 19.8. The van der Waals surface area contributed by atoms with Gasteiger partial charge in [0, 0.05) is 34.0 Å². The van der Waals surface area contributed by atoms with E-state index in [0.29, 0.717) is 17.9 Å². The van der Waals surface area contributed by atoms with Gasteiger partial charge >= 0.3 is 0 Å². The van der Waals surface area contributed by atoms with Crippen molar-refractivity contribution in [2.75, 3.05) is 24.7 Å². The Hall–Kier alpha value is -1.97. The lowest BCUT2D eigenvalue weighted by Crippen LogP contribution is -2.18. The summed E-state index contributed by atoms with van der Waals surface area (Å²) in [7, 11) is 0. The van der Waals surface area contributed by atoms with Crippen LogP contribution in [0.5, 0.6) is 0 Å². The minimum atomic E-state index is -0.273. The average molecular weight is 439 g/mol. The topological polar surface area (TPSA) is 57.5 Å². The van der Waals surface area contributed by atoms with E-state index in [1.165, 1.54) is 0 Å². The minimum absolute atomic E-state index is 0.0284. The number of thioether (sulfide) groups is 2. The highest BCUT2D eigenvalue weighted by molar-refractivity contribution is 8.00. The zero-order valence-corrected chi connectivity index (χ0v) is 18.4. The lowest BCUT2D eigenvalue weighted by molar-refractivity contribution is -0.120. The van der Waals surface area contributed by atoms with E-state index in [2.05, 4.69) is 11.8 Å². The molecule has 1 aliphatic carbocycles. The van der Waals surface area contributed by atoms with Crippen molar-refractivity contribution in [3.63, 3.8) is 0 Å². The van der Waals surface area contributed by atoms with E-state index >= 15 is 0 Å². The van der Waals surface area contributed by atoms with Crippen LogP contribution < -0.4 is 0 Å². The van der Waals surface area contributed by atoms with Crippen LogP contribution in [0.1, 0.15) is 22.8 Å². The molecule has 0 bridgehead atoms. The van der Waals surface area contributed by atoms with Gasteiger partial charge < -0.3 is 10.2 Å². The molecule has 0 aromatic heterocycles. The Balaban J connectivity index is 1.96. The van der Waals surface area contributed by atoms with Crippen molar-refractivity contribution in [1.29, 1.82) is 0 Å². The van der Waals surface area contributed by atoms with Gasteiger partial charge in [0.05, 0.1) is 19.1 Å². The van der Waals surface area contributed by atoms with Crippen molar-refractivity contribution < 1.29 is 15.0 Å². The number of ketones is 1. The van der Waals surface area contributed by atoms with Crippen LogP contribution in [0.2, 0.25) is 0 Å². The molecule has 1 aliphatic rings. The minimum Gasteiger partial charge on any atom is -0.396 e. The zero-order chi connectivity index (χ0) is 21.2. The molecule has 2 N–H and O–H groups in total. The molecule has 1 saturated carbocycles. The van der Waals surface area contributed by atoms with Crippen molar-refractivity contribution in [3.8, 4) is 11.8 Å². The van der Waals surface area contributed by atoms with Crippen LogP contribution >= 0.6 is 23.5 Å². The van der Waals surface area contributed by atoms with Crippen LogP contribution in [0.15, 0.2) is 72.3 Å². The van der Waals surface area contributed by atoms with E-state index in [1.54, 1.807) is 23.5 Å². The summed E-state index contributed by atoms with van der Waals surface area (Å²) in [6.07, 6.45) is 2.37. The zero-order valence-electron chi connectivity index (χ0n) is 16.7. The largest absolute Gasteiger partial charge is 0.396 e. The molecule has 3 unspecified atom stereocenters. The normalized spacial score (nSPS) is 20.7. The maximum Gasteiger partial charge on any atom is 0.142 e. The van der Waals surface area contributed by atoms with Crippen molar-refractivity contribution in [1.82, 2.24) is 0 Å². The SMILES string of the molecule is O=C1CC(SCCO)/C(=C\C#Cc2ccccc2)C1C(SCCO)c1ccccc1. The summed E-state index contributed by atoms with van der Waals surface area (Å²) in [6.45, 7) is 0.162. The molecule has 3 nitrogen and oxygen atoms in total. The van der Waals surface area contributed by atoms with E-state index in [1.807, 2.05) is 66.7 Å². The van der Waals surface area contributed by atoms with Crippen LogP contribution in [0, 0.1) is 17.8 Å². The molecule has 2 aromatic carbocycles. The van der Waals surface area contributed by atoms with Crippen molar-refractivity contribution >= 4 is 29.3 Å². The van der Waals surface area contributed by atoms with Crippen LogP contribution in [0.4, 0.5) is 0 Å². The quantitative estimate of drug-likeness (QED) is 0.608. The molecule has 3 rings (SSSR count). The Bertz CT molecular complexity index is 900. The maximum absolute atomic E-state index is 13.1. The molecule has 5 heteroatoms. The van der Waals surface area contributed by atoms with Gasteiger partial charge in [-0.2, -0.15) is 23.5 Å². The van der Waals surface area contributed by atoms with Crippen LogP contribution in [-0.4, -0.2) is 46.0 Å². The van der Waals surface area contributed by atoms with Crippen molar-refractivity contribution in [3.05, 3.63) is 83.4 Å². The van der Waals surface area contributed by atoms with Gasteiger partial charge in [-0.15, -0.1) is 0 Å². The number of hydrogen-bond donors (Lipinski definition) is 2. The first-order valence-electron chi connectivity index (χ1n) is 10.0. The molecule has 0 radical (unpaired) electrons. The molecule has 0 spiro atoms. The molecule has 156 valence electrons. The first-order chi connectivity index (χ1) is 14.7. The van der Waals surface area contributed by atoms with Gasteiger partial charge in [-0.25, -0.2) is 0 Å². The third kappa shape index (κ3) is 6.02. The number of aliphatic hydroxyl groups is 2. The first-order valence-corrected chi connectivity index (χ1v) is 12.1. The molecule has 0 aliphatic heterocycles. The summed E-state index contributed by atoms with van der Waals surface area (Å²) in [5, 5.41) is 18.7. The molecule has 30 heavy (non-hydrogen) atoms. The Morgan fingerprint density at radius 1 is 1.00 bits per heavy atom. The summed E-state index contributed by atoms with van der Waals surface area (Å²) in [5.41, 5.74) is 3.05. The maximum atomic E-state index is 13.1. The second kappa shape index (κ2) is 12.0. The fourth-order valence-electron chi connectivity index (χ4n) is 3.62. The first kappa shape index (κ1) is 22.7. The number of carbonyl (C=O) groups is 1. The van der Waals surface area contributed by atoms with Gasteiger partial charge in [-0.05, 0) is 29.3 Å². The van der Waals surface area contributed by atoms with E-state index in [0.717, 1.165) is 16.7 Å². The van der Waals surface area contributed by atoms with Crippen LogP contribution in [0.3, 0.4) is 0 Å². The Kier molecular flexibility index (Phi) is 9.10. The number of hydrogen-bond acceptors (Lipinski definition) is 5. The summed E-state index contributed by atoms with van der Waals surface area (Å²) >= 11 is 3.23. The second-order valence-corrected chi connectivity index (χ2v) is 9.50. The van der Waals surface area contributed by atoms with Gasteiger partial charge in [-0.3, -0.25) is 4.79 Å². The Labute approximate surface area is 187 Å². The molecular weight excluding hydrogens is 412 g/mol. The lowest BCUT2D eigenvalue weighted by atomic mass is 9.92. The number of carbonyl (C=O) groups excluding carboxylic acids is 1. The van der Waals surface area contributed by atoms with Gasteiger partial charge in [0.25, 0.3) is 0 Å². The van der Waals surface area contributed by atoms with Gasteiger partial charge in [0.15, 0.2) is 0 Å². The number of allylic oxidation sites excluding steroid dienone is 1. The smallest absolute Gasteiger partial charge is 0.142 e. The molecule has 2 aromatic rings. The fourth-order valence-corrected chi connectivity index (χ4v) is 5.91. The van der Waals surface area contributed by atoms with Gasteiger partial charge in [0.2, 0.25) is 0 Å². The molecule has 0 saturated heterocycles.